The lowest BCUT2D eigenvalue weighted by Gasteiger charge is -2.32. The first kappa shape index (κ1) is 29.3. The molecule has 4 aliphatic rings. The van der Waals surface area contributed by atoms with E-state index in [1.165, 1.54) is 76.2 Å². The van der Waals surface area contributed by atoms with E-state index in [1.54, 1.807) is 0 Å². The van der Waals surface area contributed by atoms with Crippen LogP contribution in [-0.4, -0.2) is 28.2 Å². The third kappa shape index (κ3) is 6.61. The normalized spacial score (nSPS) is 23.1. The van der Waals surface area contributed by atoms with Crippen molar-refractivity contribution in [3.63, 3.8) is 0 Å². The van der Waals surface area contributed by atoms with E-state index >= 15 is 0 Å². The van der Waals surface area contributed by atoms with Crippen molar-refractivity contribution in [2.45, 2.75) is 131 Å². The molecule has 0 bridgehead atoms. The average Bonchev–Trinajstić information content (AvgIpc) is 3.52. The molecule has 2 aromatic carbocycles. The highest BCUT2D eigenvalue weighted by molar-refractivity contribution is 7.86. The van der Waals surface area contributed by atoms with E-state index in [1.807, 2.05) is 30.3 Å². The van der Waals surface area contributed by atoms with E-state index in [0.717, 1.165) is 42.4 Å². The van der Waals surface area contributed by atoms with Crippen molar-refractivity contribution >= 4 is 10.1 Å². The average molecular weight is 581 g/mol. The van der Waals surface area contributed by atoms with Gasteiger partial charge in [-0.1, -0.05) is 100 Å². The molecule has 0 unspecified atom stereocenters. The Morgan fingerprint density at radius 2 is 1.17 bits per heavy atom. The van der Waals surface area contributed by atoms with Gasteiger partial charge in [-0.15, -0.1) is 0 Å². The Hall–Kier alpha value is -1.73. The van der Waals surface area contributed by atoms with Crippen LogP contribution in [0.3, 0.4) is 0 Å². The fourth-order valence-electron chi connectivity index (χ4n) is 8.04. The van der Waals surface area contributed by atoms with Crippen molar-refractivity contribution in [2.75, 3.05) is 19.8 Å². The van der Waals surface area contributed by atoms with Gasteiger partial charge in [-0.05, 0) is 73.0 Å². The van der Waals surface area contributed by atoms with Gasteiger partial charge in [-0.25, -0.2) is 0 Å². The van der Waals surface area contributed by atoms with E-state index in [0.29, 0.717) is 42.3 Å². The molecule has 1 heterocycles. The molecule has 1 saturated heterocycles. The van der Waals surface area contributed by atoms with Crippen molar-refractivity contribution in [1.29, 1.82) is 0 Å². The minimum atomic E-state index is -3.98. The van der Waals surface area contributed by atoms with Crippen LogP contribution in [0, 0.1) is 0 Å². The Kier molecular flexibility index (Phi) is 9.51. The molecule has 0 N–H and O–H groups in total. The number of ether oxygens (including phenoxy) is 2. The summed E-state index contributed by atoms with van der Waals surface area (Å²) in [6.07, 6.45) is 18.1. The van der Waals surface area contributed by atoms with Gasteiger partial charge in [0.1, 0.15) is 4.90 Å². The minimum Gasteiger partial charge on any atom is -0.343 e. The summed E-state index contributed by atoms with van der Waals surface area (Å²) in [7, 11) is -3.98. The standard InChI is InChI=1S/C35H48O5S/c36-41(37,40-22-21-35(38-23-24-39-35)31-19-11-4-12-20-31)34-32(28-15-7-2-8-16-28)25-30(27-13-5-1-6-14-27)26-33(34)29-17-9-3-10-18-29/h4,11-12,19-20,25-29H,1-3,5-10,13-18,21-24H2. The molecule has 4 fully saturated rings. The summed E-state index contributed by atoms with van der Waals surface area (Å²) in [5.41, 5.74) is 4.40. The van der Waals surface area contributed by atoms with Gasteiger partial charge in [0.2, 0.25) is 0 Å². The van der Waals surface area contributed by atoms with Crippen LogP contribution in [0.25, 0.3) is 0 Å². The topological polar surface area (TPSA) is 61.8 Å². The minimum absolute atomic E-state index is 0.0236. The summed E-state index contributed by atoms with van der Waals surface area (Å²) in [5, 5.41) is 0. The largest absolute Gasteiger partial charge is 0.343 e. The highest BCUT2D eigenvalue weighted by Gasteiger charge is 2.40. The summed E-state index contributed by atoms with van der Waals surface area (Å²) in [4.78, 5) is 0.512. The van der Waals surface area contributed by atoms with E-state index in [4.69, 9.17) is 13.7 Å². The van der Waals surface area contributed by atoms with Gasteiger partial charge in [0.15, 0.2) is 5.79 Å². The Morgan fingerprint density at radius 1 is 0.683 bits per heavy atom. The SMILES string of the molecule is O=S(=O)(OCCC1(c2ccccc2)OCCO1)c1c(C2CCCCC2)cc(C2CCCCC2)cc1C1CCCCC1. The number of benzene rings is 2. The molecule has 3 aliphatic carbocycles. The van der Waals surface area contributed by atoms with Crippen LogP contribution in [0.4, 0.5) is 0 Å². The monoisotopic (exact) mass is 580 g/mol. The first-order valence-electron chi connectivity index (χ1n) is 16.5. The van der Waals surface area contributed by atoms with Crippen molar-refractivity contribution in [3.05, 3.63) is 64.7 Å². The quantitative estimate of drug-likeness (QED) is 0.277. The Morgan fingerprint density at radius 3 is 1.68 bits per heavy atom. The molecule has 6 rings (SSSR count). The van der Waals surface area contributed by atoms with Crippen LogP contribution in [0.1, 0.15) is 143 Å². The van der Waals surface area contributed by atoms with Gasteiger partial charge in [-0.2, -0.15) is 8.42 Å². The molecule has 3 saturated carbocycles. The lowest BCUT2D eigenvalue weighted by Crippen LogP contribution is -2.29. The van der Waals surface area contributed by atoms with E-state index in [9.17, 15) is 8.42 Å². The van der Waals surface area contributed by atoms with Crippen LogP contribution >= 0.6 is 0 Å². The first-order chi connectivity index (χ1) is 20.1. The first-order valence-corrected chi connectivity index (χ1v) is 17.9. The highest BCUT2D eigenvalue weighted by Crippen LogP contribution is 2.46. The molecule has 5 nitrogen and oxygen atoms in total. The maximum absolute atomic E-state index is 14.4. The molecule has 41 heavy (non-hydrogen) atoms. The maximum atomic E-state index is 14.4. The smallest absolute Gasteiger partial charge is 0.297 e. The number of hydrogen-bond donors (Lipinski definition) is 0. The predicted molar refractivity (Wildman–Crippen MR) is 162 cm³/mol. The van der Waals surface area contributed by atoms with Crippen molar-refractivity contribution in [1.82, 2.24) is 0 Å². The Labute approximate surface area is 247 Å². The van der Waals surface area contributed by atoms with Crippen LogP contribution in [0.15, 0.2) is 47.4 Å². The second-order valence-electron chi connectivity index (χ2n) is 12.9. The fourth-order valence-corrected chi connectivity index (χ4v) is 9.49. The van der Waals surface area contributed by atoms with E-state index in [2.05, 4.69) is 12.1 Å². The van der Waals surface area contributed by atoms with Gasteiger partial charge in [0, 0.05) is 12.0 Å². The van der Waals surface area contributed by atoms with E-state index < -0.39 is 15.9 Å². The second-order valence-corrected chi connectivity index (χ2v) is 14.4. The van der Waals surface area contributed by atoms with Gasteiger partial charge < -0.3 is 9.47 Å². The zero-order valence-corrected chi connectivity index (χ0v) is 25.5. The third-order valence-electron chi connectivity index (χ3n) is 10.2. The third-order valence-corrected chi connectivity index (χ3v) is 11.7. The molecule has 1 aliphatic heterocycles. The molecule has 0 aromatic heterocycles. The zero-order chi connectivity index (χ0) is 28.1. The zero-order valence-electron chi connectivity index (χ0n) is 24.7. The molecule has 0 spiro atoms. The highest BCUT2D eigenvalue weighted by atomic mass is 32.2. The number of hydrogen-bond acceptors (Lipinski definition) is 5. The fraction of sp³-hybridized carbons (Fsp3) is 0.657. The van der Waals surface area contributed by atoms with Gasteiger partial charge in [0.25, 0.3) is 10.1 Å². The van der Waals surface area contributed by atoms with Crippen molar-refractivity contribution in [3.8, 4) is 0 Å². The molecule has 6 heteroatoms. The van der Waals surface area contributed by atoms with Gasteiger partial charge in [-0.3, -0.25) is 4.18 Å². The molecular weight excluding hydrogens is 532 g/mol. The summed E-state index contributed by atoms with van der Waals surface area (Å²) in [6.45, 7) is 1.000. The Balaban J connectivity index is 1.35. The summed E-state index contributed by atoms with van der Waals surface area (Å²) in [6, 6.07) is 14.5. The van der Waals surface area contributed by atoms with E-state index in [-0.39, 0.29) is 6.61 Å². The maximum Gasteiger partial charge on any atom is 0.297 e. The van der Waals surface area contributed by atoms with Crippen LogP contribution in [-0.2, 0) is 29.6 Å². The molecule has 0 atom stereocenters. The predicted octanol–water partition coefficient (Wildman–Crippen LogP) is 8.82. The number of rotatable bonds is 9. The van der Waals surface area contributed by atoms with Gasteiger partial charge >= 0.3 is 0 Å². The molecular formula is C35H48O5S. The van der Waals surface area contributed by atoms with Crippen molar-refractivity contribution in [2.24, 2.45) is 0 Å². The lowest BCUT2D eigenvalue weighted by atomic mass is 9.76. The summed E-state index contributed by atoms with van der Waals surface area (Å²) in [5.74, 6) is 0.175. The molecule has 2 aromatic rings. The molecule has 0 amide bonds. The second kappa shape index (κ2) is 13.3. The van der Waals surface area contributed by atoms with Gasteiger partial charge in [0.05, 0.1) is 19.8 Å². The van der Waals surface area contributed by atoms with Crippen molar-refractivity contribution < 1.29 is 22.1 Å². The summed E-state index contributed by atoms with van der Waals surface area (Å²) < 4.78 is 46.8. The Bertz CT molecular complexity index is 1190. The molecule has 224 valence electrons. The summed E-state index contributed by atoms with van der Waals surface area (Å²) >= 11 is 0. The van der Waals surface area contributed by atoms with Crippen LogP contribution in [0.2, 0.25) is 0 Å². The lowest BCUT2D eigenvalue weighted by molar-refractivity contribution is -0.174. The van der Waals surface area contributed by atoms with Crippen LogP contribution in [0.5, 0.6) is 0 Å². The van der Waals surface area contributed by atoms with Crippen LogP contribution < -0.4 is 0 Å². The molecule has 0 radical (unpaired) electrons.